The smallest absolute Gasteiger partial charge is 0.341 e. The topological polar surface area (TPSA) is 104 Å². The zero-order valence-electron chi connectivity index (χ0n) is 16.4. The maximum atomic E-state index is 12.7. The van der Waals surface area contributed by atoms with E-state index in [1.54, 1.807) is 4.90 Å². The fourth-order valence-electron chi connectivity index (χ4n) is 3.28. The molecule has 8 nitrogen and oxygen atoms in total. The van der Waals surface area contributed by atoms with Crippen molar-refractivity contribution in [1.82, 2.24) is 9.80 Å². The first-order valence-corrected chi connectivity index (χ1v) is 11.2. The number of carboxylic acids is 1. The quantitative estimate of drug-likeness (QED) is 0.607. The van der Waals surface area contributed by atoms with Crippen LogP contribution in [0.3, 0.4) is 0 Å². The number of benzene rings is 1. The van der Waals surface area contributed by atoms with E-state index in [1.165, 1.54) is 18.2 Å². The number of aliphatic carboxylic acids is 1. The molecule has 3 amide bonds. The average molecular weight is 487 g/mol. The number of carboxylic acid groups (broad SMARTS) is 1. The van der Waals surface area contributed by atoms with Crippen LogP contribution in [-0.2, 0) is 14.4 Å². The molecule has 0 saturated carbocycles. The molecule has 1 aromatic carbocycles. The van der Waals surface area contributed by atoms with Crippen LogP contribution in [0.4, 0.5) is 4.79 Å². The molecule has 0 unspecified atom stereocenters. The van der Waals surface area contributed by atoms with Crippen LogP contribution < -0.4 is 4.74 Å². The van der Waals surface area contributed by atoms with Crippen molar-refractivity contribution in [3.05, 3.63) is 32.6 Å². The minimum Gasteiger partial charge on any atom is -0.479 e. The summed E-state index contributed by atoms with van der Waals surface area (Å²) in [7, 11) is 0. The van der Waals surface area contributed by atoms with Crippen molar-refractivity contribution in [2.24, 2.45) is 0 Å². The zero-order chi connectivity index (χ0) is 22.5. The molecule has 1 aromatic rings. The van der Waals surface area contributed by atoms with E-state index in [9.17, 15) is 19.2 Å². The van der Waals surface area contributed by atoms with Gasteiger partial charge >= 0.3 is 5.97 Å². The van der Waals surface area contributed by atoms with E-state index in [1.807, 2.05) is 0 Å². The lowest BCUT2D eigenvalue weighted by Gasteiger charge is -2.22. The number of hydrogen-bond acceptors (Lipinski definition) is 6. The number of thioether (sulfide) groups is 1. The highest BCUT2D eigenvalue weighted by molar-refractivity contribution is 8.18. The van der Waals surface area contributed by atoms with Gasteiger partial charge in [0.2, 0.25) is 5.91 Å². The fourth-order valence-corrected chi connectivity index (χ4v) is 4.73. The standard InChI is InChI=1S/C20H20Cl2N2O6S/c21-13-7-12(8-14(22)18(13)30-11-17(26)27)9-15-19(28)24(20(29)31-15)10-16(25)23-5-3-1-2-4-6-23/h7-9H,1-6,10-11H2,(H,26,27). The average Bonchev–Trinajstić information content (AvgIpc) is 2.90. The van der Waals surface area contributed by atoms with Gasteiger partial charge in [0.05, 0.1) is 15.0 Å². The number of imide groups is 1. The van der Waals surface area contributed by atoms with Gasteiger partial charge in [-0.3, -0.25) is 19.3 Å². The SMILES string of the molecule is O=C(O)COc1c(Cl)cc(C=C2SC(=O)N(CC(=O)N3CCCCCC3)C2=O)cc1Cl. The molecule has 0 aromatic heterocycles. The first kappa shape index (κ1) is 23.4. The second kappa shape index (κ2) is 10.4. The molecule has 0 radical (unpaired) electrons. The Bertz CT molecular complexity index is 921. The molecular weight excluding hydrogens is 467 g/mol. The number of nitrogens with zero attached hydrogens (tertiary/aromatic N) is 2. The molecule has 2 saturated heterocycles. The molecule has 166 valence electrons. The minimum atomic E-state index is -1.18. The van der Waals surface area contributed by atoms with Crippen LogP contribution in [0.25, 0.3) is 6.08 Å². The predicted molar refractivity (Wildman–Crippen MR) is 117 cm³/mol. The molecule has 0 atom stereocenters. The van der Waals surface area contributed by atoms with E-state index in [4.69, 9.17) is 33.0 Å². The highest BCUT2D eigenvalue weighted by Crippen LogP contribution is 2.37. The molecule has 0 bridgehead atoms. The molecule has 2 fully saturated rings. The summed E-state index contributed by atoms with van der Waals surface area (Å²) < 4.78 is 5.06. The van der Waals surface area contributed by atoms with Crippen molar-refractivity contribution in [3.63, 3.8) is 0 Å². The monoisotopic (exact) mass is 486 g/mol. The largest absolute Gasteiger partial charge is 0.479 e. The predicted octanol–water partition coefficient (Wildman–Crippen LogP) is 3.90. The molecule has 0 aliphatic carbocycles. The number of halogens is 2. The van der Waals surface area contributed by atoms with Gasteiger partial charge in [-0.15, -0.1) is 0 Å². The second-order valence-electron chi connectivity index (χ2n) is 7.06. The Hall–Kier alpha value is -2.23. The fraction of sp³-hybridized carbons (Fsp3) is 0.400. The van der Waals surface area contributed by atoms with Crippen LogP contribution in [0.2, 0.25) is 10.0 Å². The summed E-state index contributed by atoms with van der Waals surface area (Å²) in [6.45, 7) is 0.380. The van der Waals surface area contributed by atoms with Gasteiger partial charge < -0.3 is 14.7 Å². The Morgan fingerprint density at radius 3 is 2.29 bits per heavy atom. The number of likely N-dealkylation sites (tertiary alicyclic amines) is 1. The van der Waals surface area contributed by atoms with E-state index in [0.717, 1.165) is 42.3 Å². The van der Waals surface area contributed by atoms with E-state index in [2.05, 4.69) is 0 Å². The summed E-state index contributed by atoms with van der Waals surface area (Å²) in [6, 6.07) is 2.89. The third-order valence-corrected chi connectivity index (χ3v) is 6.25. The number of rotatable bonds is 6. The van der Waals surface area contributed by atoms with Crippen LogP contribution in [0.5, 0.6) is 5.75 Å². The second-order valence-corrected chi connectivity index (χ2v) is 8.87. The Labute approximate surface area is 193 Å². The van der Waals surface area contributed by atoms with E-state index >= 15 is 0 Å². The number of carbonyl (C=O) groups excluding carboxylic acids is 3. The molecular formula is C20H20Cl2N2O6S. The molecule has 2 aliphatic rings. The molecule has 2 aliphatic heterocycles. The van der Waals surface area contributed by atoms with Crippen molar-refractivity contribution in [1.29, 1.82) is 0 Å². The molecule has 1 N–H and O–H groups in total. The minimum absolute atomic E-state index is 0.0130. The lowest BCUT2D eigenvalue weighted by molar-refractivity contribution is -0.139. The van der Waals surface area contributed by atoms with Crippen molar-refractivity contribution in [3.8, 4) is 5.75 Å². The molecule has 3 rings (SSSR count). The normalized spacial score (nSPS) is 18.5. The molecule has 11 heteroatoms. The van der Waals surface area contributed by atoms with Gasteiger partial charge in [-0.2, -0.15) is 0 Å². The van der Waals surface area contributed by atoms with Gasteiger partial charge in [0, 0.05) is 13.1 Å². The Balaban J connectivity index is 1.72. The van der Waals surface area contributed by atoms with Crippen LogP contribution in [0.1, 0.15) is 31.2 Å². The van der Waals surface area contributed by atoms with Gasteiger partial charge in [0.15, 0.2) is 12.4 Å². The zero-order valence-corrected chi connectivity index (χ0v) is 18.8. The van der Waals surface area contributed by atoms with E-state index in [-0.39, 0.29) is 33.2 Å². The highest BCUT2D eigenvalue weighted by atomic mass is 35.5. The van der Waals surface area contributed by atoms with Crippen LogP contribution in [-0.4, -0.2) is 64.2 Å². The van der Waals surface area contributed by atoms with Gasteiger partial charge in [-0.25, -0.2) is 4.79 Å². The van der Waals surface area contributed by atoms with Crippen LogP contribution in [0.15, 0.2) is 17.0 Å². The summed E-state index contributed by atoms with van der Waals surface area (Å²) in [6.07, 6.45) is 5.42. The Morgan fingerprint density at radius 1 is 1.10 bits per heavy atom. The number of hydrogen-bond donors (Lipinski definition) is 1. The van der Waals surface area contributed by atoms with Crippen molar-refractivity contribution < 1.29 is 29.0 Å². The van der Waals surface area contributed by atoms with E-state index < -0.39 is 23.7 Å². The van der Waals surface area contributed by atoms with Gasteiger partial charge in [-0.05, 0) is 48.4 Å². The number of amides is 3. The molecule has 31 heavy (non-hydrogen) atoms. The third kappa shape index (κ3) is 5.93. The third-order valence-electron chi connectivity index (χ3n) is 4.78. The summed E-state index contributed by atoms with van der Waals surface area (Å²) in [4.78, 5) is 51.1. The van der Waals surface area contributed by atoms with Crippen LogP contribution >= 0.6 is 35.0 Å². The van der Waals surface area contributed by atoms with Gasteiger partial charge in [-0.1, -0.05) is 36.0 Å². The molecule has 0 spiro atoms. The van der Waals surface area contributed by atoms with Crippen molar-refractivity contribution in [2.75, 3.05) is 26.2 Å². The maximum Gasteiger partial charge on any atom is 0.341 e. The van der Waals surface area contributed by atoms with E-state index in [0.29, 0.717) is 18.7 Å². The summed E-state index contributed by atoms with van der Waals surface area (Å²) in [5.41, 5.74) is 0.432. The summed E-state index contributed by atoms with van der Waals surface area (Å²) in [5, 5.41) is 8.33. The summed E-state index contributed by atoms with van der Waals surface area (Å²) in [5.74, 6) is -1.97. The maximum absolute atomic E-state index is 12.7. The highest BCUT2D eigenvalue weighted by Gasteiger charge is 2.37. The Kier molecular flexibility index (Phi) is 7.85. The summed E-state index contributed by atoms with van der Waals surface area (Å²) >= 11 is 13.0. The first-order chi connectivity index (χ1) is 14.8. The lowest BCUT2D eigenvalue weighted by Crippen LogP contribution is -2.42. The van der Waals surface area contributed by atoms with Crippen molar-refractivity contribution >= 4 is 64.1 Å². The number of carbonyl (C=O) groups is 4. The van der Waals surface area contributed by atoms with Gasteiger partial charge in [0.25, 0.3) is 11.1 Å². The molecule has 2 heterocycles. The number of ether oxygens (including phenoxy) is 1. The van der Waals surface area contributed by atoms with Gasteiger partial charge in [0.1, 0.15) is 6.54 Å². The van der Waals surface area contributed by atoms with Crippen LogP contribution in [0, 0.1) is 0 Å². The Morgan fingerprint density at radius 2 is 1.71 bits per heavy atom. The first-order valence-electron chi connectivity index (χ1n) is 9.63. The lowest BCUT2D eigenvalue weighted by atomic mass is 10.2. The van der Waals surface area contributed by atoms with Crippen molar-refractivity contribution in [2.45, 2.75) is 25.7 Å².